The maximum atomic E-state index is 6.21. The van der Waals surface area contributed by atoms with Crippen molar-refractivity contribution >= 4 is 23.2 Å². The topological polar surface area (TPSA) is 12.0 Å². The van der Waals surface area contributed by atoms with E-state index < -0.39 is 0 Å². The summed E-state index contributed by atoms with van der Waals surface area (Å²) < 4.78 is 0. The number of hydrogen-bond acceptors (Lipinski definition) is 1. The Balaban J connectivity index is 2.82. The molecule has 1 N–H and O–H groups in total. The van der Waals surface area contributed by atoms with Crippen molar-refractivity contribution in [2.45, 2.75) is 39.2 Å². The molecule has 0 amide bonds. The van der Waals surface area contributed by atoms with Crippen molar-refractivity contribution in [3.63, 3.8) is 0 Å². The molecule has 1 unspecified atom stereocenters. The molecule has 0 saturated carbocycles. The van der Waals surface area contributed by atoms with Crippen molar-refractivity contribution < 1.29 is 0 Å². The van der Waals surface area contributed by atoms with Gasteiger partial charge >= 0.3 is 0 Å². The summed E-state index contributed by atoms with van der Waals surface area (Å²) in [5.74, 6) is 0. The Morgan fingerprint density at radius 1 is 1.25 bits per heavy atom. The van der Waals surface area contributed by atoms with Crippen molar-refractivity contribution in [1.82, 2.24) is 5.32 Å². The molecule has 1 nitrogen and oxygen atoms in total. The zero-order valence-corrected chi connectivity index (χ0v) is 11.4. The van der Waals surface area contributed by atoms with Crippen LogP contribution in [0.1, 0.15) is 44.7 Å². The molecule has 0 aliphatic carbocycles. The summed E-state index contributed by atoms with van der Waals surface area (Å²) in [6.45, 7) is 5.27. The molecule has 0 aliphatic rings. The highest BCUT2D eigenvalue weighted by atomic mass is 35.5. The van der Waals surface area contributed by atoms with Crippen LogP contribution in [-0.4, -0.2) is 6.54 Å². The van der Waals surface area contributed by atoms with Crippen LogP contribution in [0.25, 0.3) is 0 Å². The zero-order valence-electron chi connectivity index (χ0n) is 9.89. The average molecular weight is 260 g/mol. The van der Waals surface area contributed by atoms with Gasteiger partial charge in [-0.3, -0.25) is 0 Å². The fourth-order valence-corrected chi connectivity index (χ4v) is 2.35. The second-order valence-corrected chi connectivity index (χ2v) is 4.76. The number of hydrogen-bond donors (Lipinski definition) is 1. The van der Waals surface area contributed by atoms with Crippen LogP contribution >= 0.6 is 23.2 Å². The van der Waals surface area contributed by atoms with Crippen LogP contribution in [0, 0.1) is 0 Å². The maximum absolute atomic E-state index is 6.21. The standard InChI is InChI=1S/C13H19Cl2N/c1-3-5-6-13(16-4-2)11-8-7-10(14)9-12(11)15/h7-9,13,16H,3-6H2,1-2H3. The molecule has 1 aromatic rings. The van der Waals surface area contributed by atoms with Gasteiger partial charge in [-0.2, -0.15) is 0 Å². The second kappa shape index (κ2) is 7.16. The van der Waals surface area contributed by atoms with E-state index in [1.165, 1.54) is 12.8 Å². The van der Waals surface area contributed by atoms with Gasteiger partial charge in [0.25, 0.3) is 0 Å². The first-order chi connectivity index (χ1) is 7.69. The van der Waals surface area contributed by atoms with Crippen LogP contribution in [-0.2, 0) is 0 Å². The third-order valence-corrected chi connectivity index (χ3v) is 3.20. The lowest BCUT2D eigenvalue weighted by Crippen LogP contribution is -2.21. The largest absolute Gasteiger partial charge is 0.310 e. The molecule has 1 aromatic carbocycles. The van der Waals surface area contributed by atoms with E-state index in [1.807, 2.05) is 18.2 Å². The number of nitrogens with one attached hydrogen (secondary N) is 1. The van der Waals surface area contributed by atoms with Gasteiger partial charge in [-0.15, -0.1) is 0 Å². The lowest BCUT2D eigenvalue weighted by Gasteiger charge is -2.19. The van der Waals surface area contributed by atoms with E-state index in [0.29, 0.717) is 11.1 Å². The van der Waals surface area contributed by atoms with Crippen LogP contribution in [0.15, 0.2) is 18.2 Å². The van der Waals surface area contributed by atoms with Gasteiger partial charge in [0.15, 0.2) is 0 Å². The average Bonchev–Trinajstić information content (AvgIpc) is 2.25. The molecular weight excluding hydrogens is 241 g/mol. The van der Waals surface area contributed by atoms with Gasteiger partial charge in [-0.1, -0.05) is 56.0 Å². The molecule has 3 heteroatoms. The number of halogens is 2. The second-order valence-electron chi connectivity index (χ2n) is 3.92. The Kier molecular flexibility index (Phi) is 6.18. The van der Waals surface area contributed by atoms with Crippen molar-refractivity contribution in [1.29, 1.82) is 0 Å². The van der Waals surface area contributed by atoms with Crippen LogP contribution in [0.2, 0.25) is 10.0 Å². The quantitative estimate of drug-likeness (QED) is 0.772. The first-order valence-corrected chi connectivity index (χ1v) is 6.63. The highest BCUT2D eigenvalue weighted by Gasteiger charge is 2.13. The molecule has 16 heavy (non-hydrogen) atoms. The minimum absolute atomic E-state index is 0.342. The third kappa shape index (κ3) is 3.97. The van der Waals surface area contributed by atoms with Crippen LogP contribution in [0.4, 0.5) is 0 Å². The Hall–Kier alpha value is -0.240. The van der Waals surface area contributed by atoms with Crippen molar-refractivity contribution in [2.75, 3.05) is 6.54 Å². The van der Waals surface area contributed by atoms with Crippen LogP contribution in [0.3, 0.4) is 0 Å². The molecule has 0 spiro atoms. The SMILES string of the molecule is CCCCC(NCC)c1ccc(Cl)cc1Cl. The number of unbranched alkanes of at least 4 members (excludes halogenated alkanes) is 1. The highest BCUT2D eigenvalue weighted by molar-refractivity contribution is 6.35. The molecule has 1 rings (SSSR count). The number of benzene rings is 1. The molecule has 0 heterocycles. The monoisotopic (exact) mass is 259 g/mol. The molecule has 1 atom stereocenters. The van der Waals surface area contributed by atoms with Gasteiger partial charge in [-0.25, -0.2) is 0 Å². The minimum Gasteiger partial charge on any atom is -0.310 e. The third-order valence-electron chi connectivity index (χ3n) is 2.63. The van der Waals surface area contributed by atoms with Gasteiger partial charge in [0.1, 0.15) is 0 Å². The van der Waals surface area contributed by atoms with Gasteiger partial charge in [-0.05, 0) is 30.7 Å². The first kappa shape index (κ1) is 13.8. The zero-order chi connectivity index (χ0) is 12.0. The molecule has 90 valence electrons. The fourth-order valence-electron chi connectivity index (χ4n) is 1.81. The van der Waals surface area contributed by atoms with Gasteiger partial charge < -0.3 is 5.32 Å². The Morgan fingerprint density at radius 2 is 2.00 bits per heavy atom. The summed E-state index contributed by atoms with van der Waals surface area (Å²) in [4.78, 5) is 0. The number of rotatable bonds is 6. The molecule has 0 aliphatic heterocycles. The minimum atomic E-state index is 0.342. The summed E-state index contributed by atoms with van der Waals surface area (Å²) in [6, 6.07) is 6.08. The maximum Gasteiger partial charge on any atom is 0.0468 e. The van der Waals surface area contributed by atoms with E-state index in [9.17, 15) is 0 Å². The normalized spacial score (nSPS) is 12.8. The van der Waals surface area contributed by atoms with Gasteiger partial charge in [0, 0.05) is 16.1 Å². The Bertz CT molecular complexity index is 326. The fraction of sp³-hybridized carbons (Fsp3) is 0.538. The molecule has 0 fully saturated rings. The van der Waals surface area contributed by atoms with Crippen LogP contribution in [0.5, 0.6) is 0 Å². The van der Waals surface area contributed by atoms with Crippen molar-refractivity contribution in [3.05, 3.63) is 33.8 Å². The lowest BCUT2D eigenvalue weighted by atomic mass is 10.0. The summed E-state index contributed by atoms with van der Waals surface area (Å²) in [5.41, 5.74) is 1.15. The smallest absolute Gasteiger partial charge is 0.0468 e. The Morgan fingerprint density at radius 3 is 2.56 bits per heavy atom. The van der Waals surface area contributed by atoms with Gasteiger partial charge in [0.2, 0.25) is 0 Å². The highest BCUT2D eigenvalue weighted by Crippen LogP contribution is 2.29. The van der Waals surface area contributed by atoms with Gasteiger partial charge in [0.05, 0.1) is 0 Å². The van der Waals surface area contributed by atoms with E-state index in [1.54, 1.807) is 0 Å². The molecule has 0 saturated heterocycles. The lowest BCUT2D eigenvalue weighted by molar-refractivity contribution is 0.495. The van der Waals surface area contributed by atoms with Crippen molar-refractivity contribution in [2.24, 2.45) is 0 Å². The summed E-state index contributed by atoms with van der Waals surface area (Å²) in [6.07, 6.45) is 3.52. The van der Waals surface area contributed by atoms with E-state index in [0.717, 1.165) is 23.6 Å². The summed E-state index contributed by atoms with van der Waals surface area (Å²) >= 11 is 12.1. The predicted molar refractivity (Wildman–Crippen MR) is 72.4 cm³/mol. The molecular formula is C13H19Cl2N. The predicted octanol–water partition coefficient (Wildman–Crippen LogP) is 4.83. The summed E-state index contributed by atoms with van der Waals surface area (Å²) in [7, 11) is 0. The molecule has 0 bridgehead atoms. The molecule has 0 radical (unpaired) electrons. The van der Waals surface area contributed by atoms with E-state index in [4.69, 9.17) is 23.2 Å². The van der Waals surface area contributed by atoms with E-state index in [2.05, 4.69) is 19.2 Å². The van der Waals surface area contributed by atoms with Crippen molar-refractivity contribution in [3.8, 4) is 0 Å². The Labute approximate surface area is 108 Å². The first-order valence-electron chi connectivity index (χ1n) is 5.87. The summed E-state index contributed by atoms with van der Waals surface area (Å²) in [5, 5.41) is 4.92. The van der Waals surface area contributed by atoms with E-state index >= 15 is 0 Å². The van der Waals surface area contributed by atoms with E-state index in [-0.39, 0.29) is 0 Å². The van der Waals surface area contributed by atoms with Crippen LogP contribution < -0.4 is 5.32 Å². The molecule has 0 aromatic heterocycles.